The van der Waals surface area contributed by atoms with Crippen LogP contribution in [0.25, 0.3) is 0 Å². The summed E-state index contributed by atoms with van der Waals surface area (Å²) < 4.78 is 37.7. The molecule has 0 radical (unpaired) electrons. The minimum atomic E-state index is -4.21. The molecule has 1 saturated heterocycles. The van der Waals surface area contributed by atoms with Crippen LogP contribution >= 0.6 is 0 Å². The number of hydrogen-bond acceptors (Lipinski definition) is 1. The summed E-state index contributed by atoms with van der Waals surface area (Å²) in [6.07, 6.45) is -3.69. The molecule has 0 aliphatic carbocycles. The molecule has 0 bridgehead atoms. The summed E-state index contributed by atoms with van der Waals surface area (Å²) >= 11 is 0. The molecule has 2 amide bonds. The monoisotopic (exact) mass is 252 g/mol. The van der Waals surface area contributed by atoms with Crippen LogP contribution < -0.4 is 5.32 Å². The van der Waals surface area contributed by atoms with Crippen LogP contribution in [0.5, 0.6) is 0 Å². The number of amides is 2. The molecule has 3 nitrogen and oxygen atoms in total. The van der Waals surface area contributed by atoms with E-state index >= 15 is 0 Å². The largest absolute Gasteiger partial charge is 0.393 e. The van der Waals surface area contributed by atoms with Gasteiger partial charge in [0.05, 0.1) is 5.92 Å². The highest BCUT2D eigenvalue weighted by atomic mass is 19.4. The fourth-order valence-electron chi connectivity index (χ4n) is 1.83. The number of piperidine rings is 1. The van der Waals surface area contributed by atoms with Gasteiger partial charge in [-0.1, -0.05) is 0 Å². The van der Waals surface area contributed by atoms with Crippen LogP contribution in [0, 0.1) is 5.92 Å². The Morgan fingerprint density at radius 1 is 1.29 bits per heavy atom. The molecule has 0 saturated carbocycles. The maximum Gasteiger partial charge on any atom is 0.393 e. The Kier molecular flexibility index (Phi) is 3.94. The number of nitrogens with one attached hydrogen (secondary N) is 1. The summed E-state index contributed by atoms with van der Waals surface area (Å²) in [5.74, 6) is -1.39. The number of halogens is 3. The van der Waals surface area contributed by atoms with Gasteiger partial charge in [-0.25, -0.2) is 4.79 Å². The van der Waals surface area contributed by atoms with Gasteiger partial charge in [-0.2, -0.15) is 13.2 Å². The van der Waals surface area contributed by atoms with Gasteiger partial charge in [-0.3, -0.25) is 0 Å². The van der Waals surface area contributed by atoms with Crippen molar-refractivity contribution in [1.29, 1.82) is 0 Å². The number of rotatable bonds is 0. The van der Waals surface area contributed by atoms with E-state index < -0.39 is 23.7 Å². The van der Waals surface area contributed by atoms with Crippen molar-refractivity contribution in [3.8, 4) is 0 Å². The van der Waals surface area contributed by atoms with Crippen molar-refractivity contribution in [2.45, 2.75) is 45.3 Å². The van der Waals surface area contributed by atoms with E-state index in [0.717, 1.165) is 0 Å². The predicted molar refractivity (Wildman–Crippen MR) is 58.6 cm³/mol. The van der Waals surface area contributed by atoms with Gasteiger partial charge in [0.2, 0.25) is 0 Å². The lowest BCUT2D eigenvalue weighted by Gasteiger charge is -2.35. The predicted octanol–water partition coefficient (Wildman–Crippen LogP) is 2.77. The van der Waals surface area contributed by atoms with Gasteiger partial charge in [-0.05, 0) is 33.6 Å². The molecule has 0 aromatic carbocycles. The Labute approximate surface area is 99.4 Å². The third-order valence-electron chi connectivity index (χ3n) is 2.65. The Bertz CT molecular complexity index is 283. The van der Waals surface area contributed by atoms with E-state index in [0.29, 0.717) is 13.0 Å². The average Bonchev–Trinajstić information content (AvgIpc) is 2.14. The summed E-state index contributed by atoms with van der Waals surface area (Å²) in [4.78, 5) is 13.0. The summed E-state index contributed by atoms with van der Waals surface area (Å²) in [6, 6.07) is -0.411. The highest BCUT2D eigenvalue weighted by Gasteiger charge is 2.42. The number of carbonyl (C=O) groups is 1. The molecule has 0 aromatic rings. The van der Waals surface area contributed by atoms with Gasteiger partial charge in [0.25, 0.3) is 0 Å². The number of hydrogen-bond donors (Lipinski definition) is 1. The third kappa shape index (κ3) is 4.44. The molecule has 1 N–H and O–H groups in total. The van der Waals surface area contributed by atoms with Crippen molar-refractivity contribution in [2.75, 3.05) is 13.1 Å². The molecule has 1 fully saturated rings. The molecule has 17 heavy (non-hydrogen) atoms. The first-order valence-electron chi connectivity index (χ1n) is 5.73. The SMILES string of the molecule is CC(C)(C)NC(=O)N1CCCC(C(F)(F)F)C1. The lowest BCUT2D eigenvalue weighted by molar-refractivity contribution is -0.184. The lowest BCUT2D eigenvalue weighted by Crippen LogP contribution is -2.52. The number of carbonyl (C=O) groups excluding carboxylic acids is 1. The zero-order valence-corrected chi connectivity index (χ0v) is 10.4. The summed E-state index contributed by atoms with van der Waals surface area (Å²) in [6.45, 7) is 5.57. The summed E-state index contributed by atoms with van der Waals surface area (Å²) in [7, 11) is 0. The van der Waals surface area contributed by atoms with Gasteiger partial charge >= 0.3 is 12.2 Å². The van der Waals surface area contributed by atoms with Crippen LogP contribution in [0.4, 0.5) is 18.0 Å². The van der Waals surface area contributed by atoms with Crippen LogP contribution in [0.2, 0.25) is 0 Å². The van der Waals surface area contributed by atoms with E-state index in [4.69, 9.17) is 0 Å². The normalized spacial score (nSPS) is 22.5. The van der Waals surface area contributed by atoms with Gasteiger partial charge in [-0.15, -0.1) is 0 Å². The van der Waals surface area contributed by atoms with E-state index in [9.17, 15) is 18.0 Å². The third-order valence-corrected chi connectivity index (χ3v) is 2.65. The van der Waals surface area contributed by atoms with Gasteiger partial charge < -0.3 is 10.2 Å². The van der Waals surface area contributed by atoms with Crippen LogP contribution in [-0.4, -0.2) is 35.7 Å². The van der Waals surface area contributed by atoms with Crippen molar-refractivity contribution in [1.82, 2.24) is 10.2 Å². The zero-order valence-electron chi connectivity index (χ0n) is 10.4. The first-order chi connectivity index (χ1) is 7.59. The molecule has 1 atom stereocenters. The number of likely N-dealkylation sites (tertiary alicyclic amines) is 1. The standard InChI is InChI=1S/C11H19F3N2O/c1-10(2,3)15-9(17)16-6-4-5-8(7-16)11(12,13)14/h8H,4-7H2,1-3H3,(H,15,17). The number of nitrogens with zero attached hydrogens (tertiary/aromatic N) is 1. The molecule has 1 aliphatic heterocycles. The molecule has 1 rings (SSSR count). The highest BCUT2D eigenvalue weighted by Crippen LogP contribution is 2.33. The zero-order chi connectivity index (χ0) is 13.3. The first kappa shape index (κ1) is 14.1. The topological polar surface area (TPSA) is 32.3 Å². The van der Waals surface area contributed by atoms with Crippen LogP contribution in [0.1, 0.15) is 33.6 Å². The van der Waals surface area contributed by atoms with E-state index in [1.165, 1.54) is 4.90 Å². The second kappa shape index (κ2) is 4.74. The van der Waals surface area contributed by atoms with Crippen molar-refractivity contribution in [3.05, 3.63) is 0 Å². The van der Waals surface area contributed by atoms with Crippen molar-refractivity contribution >= 4 is 6.03 Å². The molecule has 1 unspecified atom stereocenters. The van der Waals surface area contributed by atoms with Crippen LogP contribution in [0.3, 0.4) is 0 Å². The second-order valence-corrected chi connectivity index (χ2v) is 5.51. The smallest absolute Gasteiger partial charge is 0.333 e. The molecule has 1 aliphatic rings. The molecule has 0 aromatic heterocycles. The Morgan fingerprint density at radius 2 is 1.88 bits per heavy atom. The fourth-order valence-corrected chi connectivity index (χ4v) is 1.83. The van der Waals surface area contributed by atoms with E-state index in [-0.39, 0.29) is 13.0 Å². The van der Waals surface area contributed by atoms with Crippen molar-refractivity contribution < 1.29 is 18.0 Å². The average molecular weight is 252 g/mol. The molecule has 6 heteroatoms. The summed E-state index contributed by atoms with van der Waals surface area (Å²) in [5.41, 5.74) is -0.428. The van der Waals surface area contributed by atoms with Crippen LogP contribution in [-0.2, 0) is 0 Å². The quantitative estimate of drug-likeness (QED) is 0.706. The van der Waals surface area contributed by atoms with Gasteiger partial charge in [0, 0.05) is 18.6 Å². The van der Waals surface area contributed by atoms with E-state index in [1.54, 1.807) is 20.8 Å². The molecular weight excluding hydrogens is 233 g/mol. The minimum Gasteiger partial charge on any atom is -0.333 e. The lowest BCUT2D eigenvalue weighted by atomic mass is 9.98. The first-order valence-corrected chi connectivity index (χ1v) is 5.73. The molecular formula is C11H19F3N2O. The Balaban J connectivity index is 2.58. The number of urea groups is 1. The molecule has 1 heterocycles. The second-order valence-electron chi connectivity index (χ2n) is 5.51. The molecule has 0 spiro atoms. The van der Waals surface area contributed by atoms with Gasteiger partial charge in [0.15, 0.2) is 0 Å². The Hall–Kier alpha value is -0.940. The van der Waals surface area contributed by atoms with Crippen LogP contribution in [0.15, 0.2) is 0 Å². The van der Waals surface area contributed by atoms with Crippen molar-refractivity contribution in [3.63, 3.8) is 0 Å². The Morgan fingerprint density at radius 3 is 2.35 bits per heavy atom. The maximum atomic E-state index is 12.6. The highest BCUT2D eigenvalue weighted by molar-refractivity contribution is 5.75. The van der Waals surface area contributed by atoms with Crippen molar-refractivity contribution in [2.24, 2.45) is 5.92 Å². The maximum absolute atomic E-state index is 12.6. The van der Waals surface area contributed by atoms with E-state index in [2.05, 4.69) is 5.32 Å². The fraction of sp³-hybridized carbons (Fsp3) is 0.909. The molecule has 100 valence electrons. The summed E-state index contributed by atoms with van der Waals surface area (Å²) in [5, 5.41) is 2.68. The van der Waals surface area contributed by atoms with Gasteiger partial charge in [0.1, 0.15) is 0 Å². The minimum absolute atomic E-state index is 0.114. The van der Waals surface area contributed by atoms with E-state index in [1.807, 2.05) is 0 Å². The number of alkyl halides is 3.